The molecule has 2 rings (SSSR count). The molecule has 2 aromatic carbocycles. The van der Waals surface area contributed by atoms with Crippen molar-refractivity contribution in [3.8, 4) is 11.5 Å². The smallest absolute Gasteiger partial charge is 0.310 e. The molecule has 0 radical (unpaired) electrons. The highest BCUT2D eigenvalue weighted by Gasteiger charge is 2.16. The number of benzene rings is 2. The Balaban J connectivity index is 1.99. The first kappa shape index (κ1) is 16.4. The van der Waals surface area contributed by atoms with E-state index < -0.39 is 5.60 Å². The van der Waals surface area contributed by atoms with Gasteiger partial charge in [0, 0.05) is 4.90 Å². The molecule has 0 atom stereocenters. The molecule has 116 valence electrons. The van der Waals surface area contributed by atoms with Gasteiger partial charge in [-0.2, -0.15) is 0 Å². The van der Waals surface area contributed by atoms with E-state index in [9.17, 15) is 4.79 Å². The molecule has 0 aromatic heterocycles. The Bertz CT molecular complexity index is 642. The van der Waals surface area contributed by atoms with Gasteiger partial charge in [-0.1, -0.05) is 24.3 Å². The highest BCUT2D eigenvalue weighted by molar-refractivity contribution is 7.80. The molecule has 0 aliphatic rings. The van der Waals surface area contributed by atoms with Crippen LogP contribution in [0.4, 0.5) is 0 Å². The molecular formula is C18H20O3S. The van der Waals surface area contributed by atoms with Gasteiger partial charge in [0.15, 0.2) is 0 Å². The molecule has 0 amide bonds. The number of hydrogen-bond donors (Lipinski definition) is 1. The van der Waals surface area contributed by atoms with Crippen molar-refractivity contribution < 1.29 is 14.3 Å². The Kier molecular flexibility index (Phi) is 5.14. The van der Waals surface area contributed by atoms with Gasteiger partial charge in [-0.05, 0) is 50.6 Å². The summed E-state index contributed by atoms with van der Waals surface area (Å²) < 4.78 is 11.1. The molecule has 0 saturated heterocycles. The zero-order valence-corrected chi connectivity index (χ0v) is 13.9. The lowest BCUT2D eigenvalue weighted by molar-refractivity contribution is -0.153. The predicted octanol–water partition coefficient (Wildman–Crippen LogP) is 4.65. The average Bonchev–Trinajstić information content (AvgIpc) is 2.41. The SMILES string of the molecule is CC(C)(C)OC(=O)Cc1ccc(Oc2ccccc2S)cc1. The lowest BCUT2D eigenvalue weighted by Crippen LogP contribution is -2.24. The van der Waals surface area contributed by atoms with Gasteiger partial charge in [0.05, 0.1) is 6.42 Å². The van der Waals surface area contributed by atoms with Crippen molar-refractivity contribution in [2.45, 2.75) is 37.7 Å². The number of hydrogen-bond acceptors (Lipinski definition) is 4. The van der Waals surface area contributed by atoms with E-state index >= 15 is 0 Å². The Hall–Kier alpha value is -1.94. The second-order valence-corrected chi connectivity index (χ2v) is 6.46. The number of thiol groups is 1. The van der Waals surface area contributed by atoms with Crippen LogP contribution in [0.3, 0.4) is 0 Å². The van der Waals surface area contributed by atoms with Gasteiger partial charge in [-0.25, -0.2) is 0 Å². The summed E-state index contributed by atoms with van der Waals surface area (Å²) in [5.41, 5.74) is 0.428. The Labute approximate surface area is 136 Å². The number of carbonyl (C=O) groups is 1. The predicted molar refractivity (Wildman–Crippen MR) is 89.8 cm³/mol. The first-order chi connectivity index (χ1) is 10.3. The molecule has 0 aliphatic heterocycles. The topological polar surface area (TPSA) is 35.5 Å². The third-order valence-electron chi connectivity index (χ3n) is 2.78. The van der Waals surface area contributed by atoms with Gasteiger partial charge in [0.25, 0.3) is 0 Å². The van der Waals surface area contributed by atoms with Crippen LogP contribution in [0.2, 0.25) is 0 Å². The van der Waals surface area contributed by atoms with E-state index in [2.05, 4.69) is 12.6 Å². The number of ether oxygens (including phenoxy) is 2. The highest BCUT2D eigenvalue weighted by Crippen LogP contribution is 2.27. The van der Waals surface area contributed by atoms with Crippen LogP contribution in [-0.4, -0.2) is 11.6 Å². The summed E-state index contributed by atoms with van der Waals surface area (Å²) in [5.74, 6) is 1.17. The summed E-state index contributed by atoms with van der Waals surface area (Å²) in [6, 6.07) is 14.9. The molecule has 0 fully saturated rings. The van der Waals surface area contributed by atoms with Gasteiger partial charge < -0.3 is 9.47 Å². The first-order valence-corrected chi connectivity index (χ1v) is 7.55. The molecule has 22 heavy (non-hydrogen) atoms. The highest BCUT2D eigenvalue weighted by atomic mass is 32.1. The molecular weight excluding hydrogens is 296 g/mol. The zero-order valence-electron chi connectivity index (χ0n) is 13.0. The minimum absolute atomic E-state index is 0.234. The Morgan fingerprint density at radius 1 is 1.05 bits per heavy atom. The van der Waals surface area contributed by atoms with E-state index in [-0.39, 0.29) is 12.4 Å². The normalized spacial score (nSPS) is 11.1. The largest absolute Gasteiger partial charge is 0.460 e. The standard InChI is InChI=1S/C18H20O3S/c1-18(2,3)21-17(19)12-13-8-10-14(11-9-13)20-15-6-4-5-7-16(15)22/h4-11,22H,12H2,1-3H3. The fraction of sp³-hybridized carbons (Fsp3) is 0.278. The molecule has 0 aliphatic carbocycles. The summed E-state index contributed by atoms with van der Waals surface area (Å²) in [6.45, 7) is 5.57. The molecule has 4 heteroatoms. The van der Waals surface area contributed by atoms with Gasteiger partial charge >= 0.3 is 5.97 Å². The number of rotatable bonds is 4. The molecule has 2 aromatic rings. The van der Waals surface area contributed by atoms with Gasteiger partial charge in [0.1, 0.15) is 17.1 Å². The summed E-state index contributed by atoms with van der Waals surface area (Å²) in [5, 5.41) is 0. The fourth-order valence-corrected chi connectivity index (χ4v) is 2.10. The minimum atomic E-state index is -0.462. The summed E-state index contributed by atoms with van der Waals surface area (Å²) >= 11 is 4.35. The van der Waals surface area contributed by atoms with Gasteiger partial charge in [0.2, 0.25) is 0 Å². The van der Waals surface area contributed by atoms with Crippen molar-refractivity contribution in [2.75, 3.05) is 0 Å². The molecule has 3 nitrogen and oxygen atoms in total. The van der Waals surface area contributed by atoms with Crippen molar-refractivity contribution in [3.05, 3.63) is 54.1 Å². The summed E-state index contributed by atoms with van der Waals surface area (Å²) in [7, 11) is 0. The van der Waals surface area contributed by atoms with Crippen molar-refractivity contribution >= 4 is 18.6 Å². The monoisotopic (exact) mass is 316 g/mol. The molecule has 0 heterocycles. The van der Waals surface area contributed by atoms with E-state index in [4.69, 9.17) is 9.47 Å². The summed E-state index contributed by atoms with van der Waals surface area (Å²) in [4.78, 5) is 12.6. The van der Waals surface area contributed by atoms with Crippen LogP contribution in [-0.2, 0) is 16.0 Å². The van der Waals surface area contributed by atoms with Crippen LogP contribution in [0.5, 0.6) is 11.5 Å². The van der Waals surface area contributed by atoms with Crippen molar-refractivity contribution in [1.82, 2.24) is 0 Å². The molecule has 0 spiro atoms. The lowest BCUT2D eigenvalue weighted by atomic mass is 10.1. The van der Waals surface area contributed by atoms with Crippen molar-refractivity contribution in [2.24, 2.45) is 0 Å². The van der Waals surface area contributed by atoms with Crippen LogP contribution in [0.1, 0.15) is 26.3 Å². The van der Waals surface area contributed by atoms with Crippen LogP contribution in [0, 0.1) is 0 Å². The lowest BCUT2D eigenvalue weighted by Gasteiger charge is -2.19. The van der Waals surface area contributed by atoms with Crippen LogP contribution >= 0.6 is 12.6 Å². The van der Waals surface area contributed by atoms with Gasteiger partial charge in [-0.15, -0.1) is 12.6 Å². The third-order valence-corrected chi connectivity index (χ3v) is 3.15. The van der Waals surface area contributed by atoms with Crippen molar-refractivity contribution in [1.29, 1.82) is 0 Å². The zero-order chi connectivity index (χ0) is 16.2. The number of carbonyl (C=O) groups excluding carboxylic acids is 1. The van der Waals surface area contributed by atoms with E-state index in [0.717, 1.165) is 10.5 Å². The van der Waals surface area contributed by atoms with E-state index in [1.807, 2.05) is 69.3 Å². The number of esters is 1. The van der Waals surface area contributed by atoms with Crippen LogP contribution in [0.15, 0.2) is 53.4 Å². The van der Waals surface area contributed by atoms with Gasteiger partial charge in [-0.3, -0.25) is 4.79 Å². The molecule has 0 saturated carbocycles. The van der Waals surface area contributed by atoms with E-state index in [1.54, 1.807) is 0 Å². The average molecular weight is 316 g/mol. The molecule has 0 N–H and O–H groups in total. The first-order valence-electron chi connectivity index (χ1n) is 7.10. The minimum Gasteiger partial charge on any atom is -0.460 e. The number of para-hydroxylation sites is 1. The molecule has 0 unspecified atom stereocenters. The fourth-order valence-electron chi connectivity index (χ4n) is 1.89. The Morgan fingerprint density at radius 2 is 1.68 bits per heavy atom. The third kappa shape index (κ3) is 5.11. The van der Waals surface area contributed by atoms with Crippen LogP contribution < -0.4 is 4.74 Å². The van der Waals surface area contributed by atoms with Crippen LogP contribution in [0.25, 0.3) is 0 Å². The maximum atomic E-state index is 11.8. The van der Waals surface area contributed by atoms with E-state index in [1.165, 1.54) is 0 Å². The second kappa shape index (κ2) is 6.88. The van der Waals surface area contributed by atoms with E-state index in [0.29, 0.717) is 11.5 Å². The Morgan fingerprint density at radius 3 is 2.27 bits per heavy atom. The summed E-state index contributed by atoms with van der Waals surface area (Å²) in [6.07, 6.45) is 0.251. The van der Waals surface area contributed by atoms with Crippen molar-refractivity contribution in [3.63, 3.8) is 0 Å². The quantitative estimate of drug-likeness (QED) is 0.658. The molecule has 0 bridgehead atoms. The maximum Gasteiger partial charge on any atom is 0.310 e. The second-order valence-electron chi connectivity index (χ2n) is 5.98. The maximum absolute atomic E-state index is 11.8.